The number of carbonyl (C=O) groups is 1. The second kappa shape index (κ2) is 7.85. The van der Waals surface area contributed by atoms with E-state index in [0.29, 0.717) is 17.9 Å². The van der Waals surface area contributed by atoms with Gasteiger partial charge in [0.25, 0.3) is 5.91 Å². The van der Waals surface area contributed by atoms with Crippen LogP contribution in [-0.2, 0) is 16.6 Å². The standard InChI is InChI=1S/C22H22N2O4S/c1-28-21-13-8-15-4-2-3-5-19(15)20(21)14-23-22(25)16-6-11-18(12-7-16)29(26,27)24-17-9-10-17/h2-8,11-13,17,24H,9-10,14H2,1H3,(H,23,25). The van der Waals surface area contributed by atoms with E-state index in [-0.39, 0.29) is 16.8 Å². The lowest BCUT2D eigenvalue weighted by molar-refractivity contribution is 0.0950. The molecule has 0 aliphatic heterocycles. The largest absolute Gasteiger partial charge is 0.496 e. The Morgan fingerprint density at radius 2 is 1.76 bits per heavy atom. The van der Waals surface area contributed by atoms with Crippen molar-refractivity contribution in [3.63, 3.8) is 0 Å². The summed E-state index contributed by atoms with van der Waals surface area (Å²) < 4.78 is 32.6. The number of benzene rings is 3. The van der Waals surface area contributed by atoms with Gasteiger partial charge in [0.15, 0.2) is 0 Å². The van der Waals surface area contributed by atoms with Crippen LogP contribution in [0.2, 0.25) is 0 Å². The first-order valence-corrected chi connectivity index (χ1v) is 10.9. The van der Waals surface area contributed by atoms with Gasteiger partial charge in [-0.05, 0) is 53.9 Å². The van der Waals surface area contributed by atoms with Gasteiger partial charge in [-0.25, -0.2) is 13.1 Å². The summed E-state index contributed by atoms with van der Waals surface area (Å²) in [6.07, 6.45) is 1.74. The zero-order valence-electron chi connectivity index (χ0n) is 16.0. The van der Waals surface area contributed by atoms with Crippen LogP contribution in [0.1, 0.15) is 28.8 Å². The van der Waals surface area contributed by atoms with Gasteiger partial charge in [-0.15, -0.1) is 0 Å². The van der Waals surface area contributed by atoms with Crippen molar-refractivity contribution in [3.8, 4) is 5.75 Å². The van der Waals surface area contributed by atoms with Crippen LogP contribution < -0.4 is 14.8 Å². The van der Waals surface area contributed by atoms with Gasteiger partial charge in [0.05, 0.1) is 12.0 Å². The Morgan fingerprint density at radius 1 is 1.03 bits per heavy atom. The molecule has 1 saturated carbocycles. The molecule has 0 heterocycles. The Balaban J connectivity index is 1.50. The highest BCUT2D eigenvalue weighted by Crippen LogP contribution is 2.28. The van der Waals surface area contributed by atoms with Crippen molar-refractivity contribution in [2.75, 3.05) is 7.11 Å². The zero-order valence-corrected chi connectivity index (χ0v) is 16.8. The summed E-state index contributed by atoms with van der Waals surface area (Å²) in [6.45, 7) is 0.298. The molecular formula is C22H22N2O4S. The number of rotatable bonds is 7. The third-order valence-corrected chi connectivity index (χ3v) is 6.51. The van der Waals surface area contributed by atoms with Crippen LogP contribution in [0.15, 0.2) is 65.6 Å². The molecule has 3 aromatic rings. The van der Waals surface area contributed by atoms with Gasteiger partial charge in [0.2, 0.25) is 10.0 Å². The maximum atomic E-state index is 12.6. The summed E-state index contributed by atoms with van der Waals surface area (Å²) in [4.78, 5) is 12.7. The second-order valence-electron chi connectivity index (χ2n) is 7.07. The van der Waals surface area contributed by atoms with Crippen molar-refractivity contribution in [3.05, 3.63) is 71.8 Å². The van der Waals surface area contributed by atoms with Crippen LogP contribution in [0.5, 0.6) is 5.75 Å². The number of ether oxygens (including phenoxy) is 1. The third kappa shape index (κ3) is 4.26. The summed E-state index contributed by atoms with van der Waals surface area (Å²) in [5.41, 5.74) is 1.29. The van der Waals surface area contributed by atoms with Crippen LogP contribution in [0, 0.1) is 0 Å². The predicted molar refractivity (Wildman–Crippen MR) is 111 cm³/mol. The molecule has 1 aliphatic rings. The molecule has 7 heteroatoms. The number of nitrogens with one attached hydrogen (secondary N) is 2. The Morgan fingerprint density at radius 3 is 2.45 bits per heavy atom. The lowest BCUT2D eigenvalue weighted by Gasteiger charge is -2.13. The Kier molecular flexibility index (Phi) is 5.25. The van der Waals surface area contributed by atoms with Crippen molar-refractivity contribution in [1.82, 2.24) is 10.0 Å². The molecule has 0 unspecified atom stereocenters. The minimum atomic E-state index is -3.53. The quantitative estimate of drug-likeness (QED) is 0.626. The number of amides is 1. The first-order chi connectivity index (χ1) is 14.0. The van der Waals surface area contributed by atoms with Gasteiger partial charge in [0.1, 0.15) is 5.75 Å². The molecule has 1 aliphatic carbocycles. The number of methoxy groups -OCH3 is 1. The van der Waals surface area contributed by atoms with E-state index in [1.807, 2.05) is 36.4 Å². The van der Waals surface area contributed by atoms with Crippen LogP contribution >= 0.6 is 0 Å². The molecule has 0 aromatic heterocycles. The van der Waals surface area contributed by atoms with E-state index in [1.165, 1.54) is 24.3 Å². The summed E-state index contributed by atoms with van der Waals surface area (Å²) in [6, 6.07) is 17.8. The van der Waals surface area contributed by atoms with Gasteiger partial charge in [-0.2, -0.15) is 0 Å². The van der Waals surface area contributed by atoms with Crippen LogP contribution in [-0.4, -0.2) is 27.5 Å². The number of hydrogen-bond acceptors (Lipinski definition) is 4. The van der Waals surface area contributed by atoms with Gasteiger partial charge >= 0.3 is 0 Å². The Labute approximate surface area is 169 Å². The van der Waals surface area contributed by atoms with Crippen molar-refractivity contribution >= 4 is 26.7 Å². The molecule has 4 rings (SSSR count). The van der Waals surface area contributed by atoms with Gasteiger partial charge in [-0.3, -0.25) is 4.79 Å². The molecular weight excluding hydrogens is 388 g/mol. The minimum Gasteiger partial charge on any atom is -0.496 e. The predicted octanol–water partition coefficient (Wildman–Crippen LogP) is 3.22. The van der Waals surface area contributed by atoms with Crippen molar-refractivity contribution in [1.29, 1.82) is 0 Å². The molecule has 0 spiro atoms. The van der Waals surface area contributed by atoms with E-state index >= 15 is 0 Å². The number of sulfonamides is 1. The van der Waals surface area contributed by atoms with E-state index in [2.05, 4.69) is 10.0 Å². The maximum Gasteiger partial charge on any atom is 0.251 e. The fraction of sp³-hybridized carbons (Fsp3) is 0.227. The van der Waals surface area contributed by atoms with Crippen LogP contribution in [0.3, 0.4) is 0 Å². The molecule has 29 heavy (non-hydrogen) atoms. The van der Waals surface area contributed by atoms with Gasteiger partial charge in [0, 0.05) is 23.7 Å². The van der Waals surface area contributed by atoms with Crippen LogP contribution in [0.4, 0.5) is 0 Å². The van der Waals surface area contributed by atoms with Crippen molar-refractivity contribution < 1.29 is 17.9 Å². The molecule has 6 nitrogen and oxygen atoms in total. The van der Waals surface area contributed by atoms with E-state index in [4.69, 9.17) is 4.74 Å². The highest BCUT2D eigenvalue weighted by Gasteiger charge is 2.28. The monoisotopic (exact) mass is 410 g/mol. The highest BCUT2D eigenvalue weighted by molar-refractivity contribution is 7.89. The highest BCUT2D eigenvalue weighted by atomic mass is 32.2. The normalized spacial score (nSPS) is 14.0. The molecule has 150 valence electrons. The molecule has 3 aromatic carbocycles. The summed E-state index contributed by atoms with van der Waals surface area (Å²) >= 11 is 0. The summed E-state index contributed by atoms with van der Waals surface area (Å²) in [5, 5.41) is 4.98. The smallest absolute Gasteiger partial charge is 0.251 e. The summed E-state index contributed by atoms with van der Waals surface area (Å²) in [5.74, 6) is 0.427. The fourth-order valence-electron chi connectivity index (χ4n) is 3.23. The molecule has 0 bridgehead atoms. The van der Waals surface area contributed by atoms with Crippen molar-refractivity contribution in [2.45, 2.75) is 30.3 Å². The van der Waals surface area contributed by atoms with Gasteiger partial charge in [-0.1, -0.05) is 30.3 Å². The average molecular weight is 410 g/mol. The Hall–Kier alpha value is -2.90. The minimum absolute atomic E-state index is 0.0404. The molecule has 2 N–H and O–H groups in total. The number of fused-ring (bicyclic) bond motifs is 1. The maximum absolute atomic E-state index is 12.6. The third-order valence-electron chi connectivity index (χ3n) is 4.97. The summed E-state index contributed by atoms with van der Waals surface area (Å²) in [7, 11) is -1.92. The fourth-order valence-corrected chi connectivity index (χ4v) is 4.54. The average Bonchev–Trinajstić information content (AvgIpc) is 3.55. The molecule has 0 saturated heterocycles. The molecule has 0 radical (unpaired) electrons. The molecule has 1 fully saturated rings. The van der Waals surface area contributed by atoms with Crippen LogP contribution in [0.25, 0.3) is 10.8 Å². The second-order valence-corrected chi connectivity index (χ2v) is 8.78. The Bertz CT molecular complexity index is 1150. The number of hydrogen-bond donors (Lipinski definition) is 2. The topological polar surface area (TPSA) is 84.5 Å². The van der Waals surface area contributed by atoms with E-state index in [9.17, 15) is 13.2 Å². The zero-order chi connectivity index (χ0) is 20.4. The van der Waals surface area contributed by atoms with E-state index < -0.39 is 10.0 Å². The molecule has 0 atom stereocenters. The first-order valence-electron chi connectivity index (χ1n) is 9.43. The number of carbonyl (C=O) groups excluding carboxylic acids is 1. The SMILES string of the molecule is COc1ccc2ccccc2c1CNC(=O)c1ccc(S(=O)(=O)NC2CC2)cc1. The molecule has 1 amide bonds. The van der Waals surface area contributed by atoms with E-state index in [0.717, 1.165) is 29.2 Å². The lowest BCUT2D eigenvalue weighted by Crippen LogP contribution is -2.26. The van der Waals surface area contributed by atoms with E-state index in [1.54, 1.807) is 7.11 Å². The first kappa shape index (κ1) is 19.4. The lowest BCUT2D eigenvalue weighted by atomic mass is 10.0. The van der Waals surface area contributed by atoms with Gasteiger partial charge < -0.3 is 10.1 Å². The van der Waals surface area contributed by atoms with Crippen molar-refractivity contribution in [2.24, 2.45) is 0 Å².